The number of likely N-dealkylation sites (tertiary alicyclic amines) is 1. The zero-order chi connectivity index (χ0) is 19.6. The van der Waals surface area contributed by atoms with Crippen LogP contribution in [0.3, 0.4) is 0 Å². The minimum absolute atomic E-state index is 0.265. The van der Waals surface area contributed by atoms with E-state index in [9.17, 15) is 18.0 Å². The topological polar surface area (TPSA) is 55.6 Å². The molecule has 1 aliphatic heterocycles. The number of oxazole rings is 1. The number of nitrogens with zero attached hydrogens (tertiary/aromatic N) is 2. The molecule has 0 radical (unpaired) electrons. The highest BCUT2D eigenvalue weighted by molar-refractivity contribution is 5.75. The number of hydrogen-bond donors (Lipinski definition) is 0. The molecule has 2 aromatic rings. The first-order chi connectivity index (χ1) is 12.8. The van der Waals surface area contributed by atoms with E-state index in [-0.39, 0.29) is 17.9 Å². The molecule has 1 aromatic carbocycles. The molecular weight excluding hydrogens is 361 g/mol. The van der Waals surface area contributed by atoms with E-state index in [1.165, 1.54) is 19.2 Å². The van der Waals surface area contributed by atoms with Crippen molar-refractivity contribution in [1.82, 2.24) is 9.88 Å². The van der Waals surface area contributed by atoms with Crippen molar-refractivity contribution < 1.29 is 27.1 Å². The van der Waals surface area contributed by atoms with Crippen LogP contribution in [0.5, 0.6) is 0 Å². The summed E-state index contributed by atoms with van der Waals surface area (Å²) in [7, 11) is 1.37. The van der Waals surface area contributed by atoms with Crippen LogP contribution in [0.2, 0.25) is 0 Å². The summed E-state index contributed by atoms with van der Waals surface area (Å²) in [5.74, 6) is 0.584. The Bertz CT molecular complexity index is 800. The Morgan fingerprint density at radius 1 is 1.30 bits per heavy atom. The number of benzene rings is 1. The molecule has 3 rings (SSSR count). The highest BCUT2D eigenvalue weighted by atomic mass is 19.4. The lowest BCUT2D eigenvalue weighted by atomic mass is 10.0. The van der Waals surface area contributed by atoms with Gasteiger partial charge < -0.3 is 9.15 Å². The van der Waals surface area contributed by atoms with Gasteiger partial charge in [0.1, 0.15) is 11.8 Å². The number of rotatable bonds is 4. The molecular formula is C19H21F3N2O3. The van der Waals surface area contributed by atoms with Crippen molar-refractivity contribution in [2.45, 2.75) is 44.9 Å². The Balaban J connectivity index is 1.79. The molecule has 1 atom stereocenters. The predicted molar refractivity (Wildman–Crippen MR) is 91.7 cm³/mol. The largest absolute Gasteiger partial charge is 0.468 e. The van der Waals surface area contributed by atoms with E-state index < -0.39 is 11.7 Å². The van der Waals surface area contributed by atoms with Gasteiger partial charge in [-0.2, -0.15) is 13.2 Å². The second-order valence-corrected chi connectivity index (χ2v) is 6.60. The highest BCUT2D eigenvalue weighted by Crippen LogP contribution is 2.31. The average Bonchev–Trinajstić information content (AvgIpc) is 3.01. The number of esters is 1. The average molecular weight is 382 g/mol. The van der Waals surface area contributed by atoms with Gasteiger partial charge in [-0.25, -0.2) is 4.98 Å². The molecule has 2 heterocycles. The molecule has 0 saturated carbocycles. The molecule has 0 amide bonds. The number of methoxy groups -OCH3 is 1. The first kappa shape index (κ1) is 19.4. The lowest BCUT2D eigenvalue weighted by molar-refractivity contribution is -0.148. The summed E-state index contributed by atoms with van der Waals surface area (Å²) in [5.41, 5.74) is 0.421. The fraction of sp³-hybridized carbons (Fsp3) is 0.474. The Morgan fingerprint density at radius 2 is 2.00 bits per heavy atom. The zero-order valence-corrected chi connectivity index (χ0v) is 15.2. The third-order valence-corrected chi connectivity index (χ3v) is 4.79. The van der Waals surface area contributed by atoms with Gasteiger partial charge in [-0.15, -0.1) is 0 Å². The van der Waals surface area contributed by atoms with Crippen LogP contribution in [0.25, 0.3) is 11.5 Å². The molecule has 1 aliphatic rings. The fourth-order valence-electron chi connectivity index (χ4n) is 3.28. The Labute approximate surface area is 155 Å². The normalized spacial score (nSPS) is 18.5. The number of hydrogen-bond acceptors (Lipinski definition) is 5. The third-order valence-electron chi connectivity index (χ3n) is 4.79. The van der Waals surface area contributed by atoms with Crippen molar-refractivity contribution in [2.24, 2.45) is 0 Å². The number of carbonyl (C=O) groups excluding carboxylic acids is 1. The molecule has 1 aromatic heterocycles. The van der Waals surface area contributed by atoms with Crippen LogP contribution >= 0.6 is 0 Å². The van der Waals surface area contributed by atoms with Gasteiger partial charge in [-0.1, -0.05) is 6.42 Å². The minimum Gasteiger partial charge on any atom is -0.468 e. The molecule has 1 saturated heterocycles. The van der Waals surface area contributed by atoms with Crippen molar-refractivity contribution in [3.8, 4) is 11.5 Å². The molecule has 5 nitrogen and oxygen atoms in total. The first-order valence-corrected chi connectivity index (χ1v) is 8.75. The maximum Gasteiger partial charge on any atom is 0.416 e. The second-order valence-electron chi connectivity index (χ2n) is 6.60. The van der Waals surface area contributed by atoms with Crippen LogP contribution in [-0.4, -0.2) is 35.5 Å². The summed E-state index contributed by atoms with van der Waals surface area (Å²) >= 11 is 0. The van der Waals surface area contributed by atoms with Gasteiger partial charge in [-0.05, 0) is 50.6 Å². The van der Waals surface area contributed by atoms with Gasteiger partial charge in [0.15, 0.2) is 0 Å². The number of carbonyl (C=O) groups is 1. The summed E-state index contributed by atoms with van der Waals surface area (Å²) in [5, 5.41) is 0. The van der Waals surface area contributed by atoms with E-state index in [0.717, 1.165) is 37.9 Å². The molecule has 0 aliphatic carbocycles. The van der Waals surface area contributed by atoms with E-state index in [1.807, 2.05) is 4.90 Å². The summed E-state index contributed by atoms with van der Waals surface area (Å²) in [4.78, 5) is 18.4. The monoisotopic (exact) mass is 382 g/mol. The lowest BCUT2D eigenvalue weighted by Gasteiger charge is -2.33. The van der Waals surface area contributed by atoms with E-state index in [4.69, 9.17) is 9.15 Å². The Morgan fingerprint density at radius 3 is 2.63 bits per heavy atom. The molecule has 0 bridgehead atoms. The molecule has 0 spiro atoms. The van der Waals surface area contributed by atoms with Crippen LogP contribution in [0.4, 0.5) is 13.2 Å². The fourth-order valence-corrected chi connectivity index (χ4v) is 3.28. The zero-order valence-electron chi connectivity index (χ0n) is 15.2. The Hall–Kier alpha value is -2.35. The smallest absolute Gasteiger partial charge is 0.416 e. The quantitative estimate of drug-likeness (QED) is 0.742. The maximum atomic E-state index is 12.7. The van der Waals surface area contributed by atoms with Gasteiger partial charge in [-0.3, -0.25) is 9.69 Å². The number of alkyl halides is 3. The summed E-state index contributed by atoms with van der Waals surface area (Å²) in [6.07, 6.45) is -1.70. The van der Waals surface area contributed by atoms with Gasteiger partial charge in [0.05, 0.1) is 18.4 Å². The third kappa shape index (κ3) is 4.32. The van der Waals surface area contributed by atoms with Gasteiger partial charge >= 0.3 is 12.1 Å². The van der Waals surface area contributed by atoms with Crippen molar-refractivity contribution in [3.05, 3.63) is 41.3 Å². The van der Waals surface area contributed by atoms with Gasteiger partial charge in [0.25, 0.3) is 0 Å². The number of aryl methyl sites for hydroxylation is 1. The molecule has 1 fully saturated rings. The molecule has 8 heteroatoms. The SMILES string of the molecule is COC(=O)C1CCCCN1Cc1nc(-c2ccc(C(F)(F)F)cc2)oc1C. The van der Waals surface area contributed by atoms with E-state index in [2.05, 4.69) is 4.98 Å². The number of halogens is 3. The van der Waals surface area contributed by atoms with Crippen LogP contribution in [0.15, 0.2) is 28.7 Å². The minimum atomic E-state index is -4.38. The van der Waals surface area contributed by atoms with E-state index in [1.54, 1.807) is 6.92 Å². The lowest BCUT2D eigenvalue weighted by Crippen LogP contribution is -2.44. The maximum absolute atomic E-state index is 12.7. The van der Waals surface area contributed by atoms with E-state index >= 15 is 0 Å². The molecule has 0 N–H and O–H groups in total. The standard InChI is InChI=1S/C19H21F3N2O3/c1-12-15(11-24-10-4-3-5-16(24)18(25)26-2)23-17(27-12)13-6-8-14(9-7-13)19(20,21)22/h6-9,16H,3-5,10-11H2,1-2H3. The predicted octanol–water partition coefficient (Wildman–Crippen LogP) is 4.20. The van der Waals surface area contributed by atoms with Crippen LogP contribution in [0, 0.1) is 6.92 Å². The van der Waals surface area contributed by atoms with Gasteiger partial charge in [0.2, 0.25) is 5.89 Å². The number of piperidine rings is 1. The highest BCUT2D eigenvalue weighted by Gasteiger charge is 2.31. The Kier molecular flexibility index (Phi) is 5.55. The van der Waals surface area contributed by atoms with Crippen molar-refractivity contribution in [3.63, 3.8) is 0 Å². The first-order valence-electron chi connectivity index (χ1n) is 8.75. The summed E-state index contributed by atoms with van der Waals surface area (Å²) in [6.45, 7) is 2.93. The van der Waals surface area contributed by atoms with Crippen molar-refractivity contribution in [2.75, 3.05) is 13.7 Å². The molecule has 1 unspecified atom stereocenters. The van der Waals surface area contributed by atoms with Crippen molar-refractivity contribution >= 4 is 5.97 Å². The van der Waals surface area contributed by atoms with Gasteiger partial charge in [0, 0.05) is 12.1 Å². The van der Waals surface area contributed by atoms with Crippen LogP contribution in [-0.2, 0) is 22.3 Å². The molecule has 146 valence electrons. The van der Waals surface area contributed by atoms with E-state index in [0.29, 0.717) is 23.6 Å². The van der Waals surface area contributed by atoms with Crippen molar-refractivity contribution in [1.29, 1.82) is 0 Å². The molecule has 27 heavy (non-hydrogen) atoms. The van der Waals surface area contributed by atoms with Crippen LogP contribution < -0.4 is 0 Å². The second kappa shape index (κ2) is 7.72. The number of ether oxygens (including phenoxy) is 1. The summed E-state index contributed by atoms with van der Waals surface area (Å²) in [6, 6.07) is 4.39. The summed E-state index contributed by atoms with van der Waals surface area (Å²) < 4.78 is 48.6. The van der Waals surface area contributed by atoms with Crippen LogP contribution in [0.1, 0.15) is 36.3 Å². The number of aromatic nitrogens is 1.